The highest BCUT2D eigenvalue weighted by molar-refractivity contribution is 5.37. The van der Waals surface area contributed by atoms with E-state index in [4.69, 9.17) is 0 Å². The molecule has 0 rings (SSSR count). The molecule has 0 unspecified atom stereocenters. The second-order valence-corrected chi connectivity index (χ2v) is 2.92. The highest BCUT2D eigenvalue weighted by Gasteiger charge is 1.92. The zero-order valence-electron chi connectivity index (χ0n) is 9.27. The van der Waals surface area contributed by atoms with Crippen LogP contribution in [0.25, 0.3) is 0 Å². The third-order valence-electron chi connectivity index (χ3n) is 1.76. The molecule has 0 aromatic rings. The molecule has 0 amide bonds. The van der Waals surface area contributed by atoms with Crippen LogP contribution in [0.4, 0.5) is 0 Å². The SMILES string of the molecule is C=C/C(O)=C(\C=C/C)/C=C/C=C(\O)CC. The monoisotopic (exact) mass is 206 g/mol. The van der Waals surface area contributed by atoms with Crippen LogP contribution in [0, 0.1) is 0 Å². The molecule has 0 aromatic heterocycles. The summed E-state index contributed by atoms with van der Waals surface area (Å²) < 4.78 is 0. The van der Waals surface area contributed by atoms with Crippen molar-refractivity contribution in [2.75, 3.05) is 0 Å². The second kappa shape index (κ2) is 7.68. The first-order valence-corrected chi connectivity index (χ1v) is 4.90. The maximum atomic E-state index is 9.45. The molecule has 2 nitrogen and oxygen atoms in total. The van der Waals surface area contributed by atoms with Crippen molar-refractivity contribution in [3.05, 3.63) is 60.1 Å². The van der Waals surface area contributed by atoms with Crippen LogP contribution in [-0.2, 0) is 0 Å². The van der Waals surface area contributed by atoms with Gasteiger partial charge in [-0.25, -0.2) is 0 Å². The van der Waals surface area contributed by atoms with Crippen molar-refractivity contribution >= 4 is 0 Å². The zero-order chi connectivity index (χ0) is 11.7. The van der Waals surface area contributed by atoms with Gasteiger partial charge in [0.2, 0.25) is 0 Å². The standard InChI is InChI=1S/C13H18O2/c1-4-8-11(13(15)6-3)9-7-10-12(14)5-2/h4,6-10,14-15H,3,5H2,1-2H3/b8-4-,9-7+,12-10-,13-11-. The van der Waals surface area contributed by atoms with Crippen LogP contribution in [0.5, 0.6) is 0 Å². The molecule has 0 aliphatic carbocycles. The smallest absolute Gasteiger partial charge is 0.122 e. The van der Waals surface area contributed by atoms with Crippen LogP contribution < -0.4 is 0 Å². The summed E-state index contributed by atoms with van der Waals surface area (Å²) >= 11 is 0. The van der Waals surface area contributed by atoms with Gasteiger partial charge in [-0.05, 0) is 19.1 Å². The Morgan fingerprint density at radius 1 is 1.27 bits per heavy atom. The number of aliphatic hydroxyl groups excluding tert-OH is 2. The molecule has 0 heterocycles. The molecule has 0 aliphatic rings. The molecule has 0 aromatic carbocycles. The lowest BCUT2D eigenvalue weighted by Crippen LogP contribution is -1.81. The van der Waals surface area contributed by atoms with E-state index in [-0.39, 0.29) is 5.76 Å². The van der Waals surface area contributed by atoms with Crippen LogP contribution in [0.1, 0.15) is 20.3 Å². The van der Waals surface area contributed by atoms with Gasteiger partial charge in [0.05, 0.1) is 5.76 Å². The fraction of sp³-hybridized carbons (Fsp3) is 0.231. The first-order valence-electron chi connectivity index (χ1n) is 4.90. The summed E-state index contributed by atoms with van der Waals surface area (Å²) in [6.45, 7) is 7.21. The molecule has 0 radical (unpaired) electrons. The average Bonchev–Trinajstić information content (AvgIpc) is 2.26. The van der Waals surface area contributed by atoms with Crippen molar-refractivity contribution in [3.63, 3.8) is 0 Å². The topological polar surface area (TPSA) is 40.5 Å². The predicted octanol–water partition coefficient (Wildman–Crippen LogP) is 3.97. The molecule has 82 valence electrons. The van der Waals surface area contributed by atoms with E-state index in [2.05, 4.69) is 6.58 Å². The van der Waals surface area contributed by atoms with Gasteiger partial charge in [-0.1, -0.05) is 37.8 Å². The lowest BCUT2D eigenvalue weighted by molar-refractivity contribution is 0.395. The van der Waals surface area contributed by atoms with Gasteiger partial charge in [-0.2, -0.15) is 0 Å². The lowest BCUT2D eigenvalue weighted by Gasteiger charge is -1.96. The van der Waals surface area contributed by atoms with E-state index in [0.29, 0.717) is 17.8 Å². The molecule has 2 heteroatoms. The fourth-order valence-corrected chi connectivity index (χ4v) is 0.904. The van der Waals surface area contributed by atoms with Crippen molar-refractivity contribution in [1.82, 2.24) is 0 Å². The number of rotatable bonds is 5. The third kappa shape index (κ3) is 5.57. The van der Waals surface area contributed by atoms with Gasteiger partial charge in [0.25, 0.3) is 0 Å². The van der Waals surface area contributed by atoms with Gasteiger partial charge in [0, 0.05) is 12.0 Å². The Morgan fingerprint density at radius 2 is 1.93 bits per heavy atom. The summed E-state index contributed by atoms with van der Waals surface area (Å²) in [7, 11) is 0. The predicted molar refractivity (Wildman–Crippen MR) is 64.8 cm³/mol. The van der Waals surface area contributed by atoms with Gasteiger partial charge in [0.1, 0.15) is 5.76 Å². The summed E-state index contributed by atoms with van der Waals surface area (Å²) in [4.78, 5) is 0. The summed E-state index contributed by atoms with van der Waals surface area (Å²) in [6.07, 6.45) is 10.6. The molecule has 0 aliphatic heterocycles. The van der Waals surface area contributed by atoms with Crippen LogP contribution in [0.2, 0.25) is 0 Å². The molecule has 2 N–H and O–H groups in total. The Balaban J connectivity index is 4.79. The largest absolute Gasteiger partial charge is 0.512 e. The maximum Gasteiger partial charge on any atom is 0.122 e. The number of hydrogen-bond donors (Lipinski definition) is 2. The highest BCUT2D eigenvalue weighted by atomic mass is 16.3. The molecule has 0 saturated heterocycles. The molecular weight excluding hydrogens is 188 g/mol. The Hall–Kier alpha value is -1.70. The fourth-order valence-electron chi connectivity index (χ4n) is 0.904. The highest BCUT2D eigenvalue weighted by Crippen LogP contribution is 2.07. The molecule has 0 fully saturated rings. The van der Waals surface area contributed by atoms with E-state index >= 15 is 0 Å². The van der Waals surface area contributed by atoms with Gasteiger partial charge in [0.15, 0.2) is 0 Å². The molecule has 15 heavy (non-hydrogen) atoms. The quantitative estimate of drug-likeness (QED) is 0.528. The number of aliphatic hydroxyl groups is 2. The first-order chi connectivity index (χ1) is 7.15. The van der Waals surface area contributed by atoms with E-state index in [1.807, 2.05) is 19.9 Å². The molecule has 0 spiro atoms. The summed E-state index contributed by atoms with van der Waals surface area (Å²) in [5, 5.41) is 18.6. The second-order valence-electron chi connectivity index (χ2n) is 2.92. The van der Waals surface area contributed by atoms with E-state index in [1.165, 1.54) is 6.08 Å². The van der Waals surface area contributed by atoms with Gasteiger partial charge >= 0.3 is 0 Å². The van der Waals surface area contributed by atoms with Crippen molar-refractivity contribution in [3.8, 4) is 0 Å². The third-order valence-corrected chi connectivity index (χ3v) is 1.76. The summed E-state index contributed by atoms with van der Waals surface area (Å²) in [5.74, 6) is 0.429. The molecule has 0 saturated carbocycles. The van der Waals surface area contributed by atoms with Crippen LogP contribution in [-0.4, -0.2) is 10.2 Å². The van der Waals surface area contributed by atoms with Gasteiger partial charge in [-0.3, -0.25) is 0 Å². The van der Waals surface area contributed by atoms with Crippen LogP contribution in [0.3, 0.4) is 0 Å². The van der Waals surface area contributed by atoms with Crippen LogP contribution >= 0.6 is 0 Å². The molecule has 0 bridgehead atoms. The van der Waals surface area contributed by atoms with E-state index in [1.54, 1.807) is 24.3 Å². The van der Waals surface area contributed by atoms with Crippen LogP contribution in [0.15, 0.2) is 60.1 Å². The molecular formula is C13H18O2. The van der Waals surface area contributed by atoms with E-state index in [0.717, 1.165) is 0 Å². The van der Waals surface area contributed by atoms with Gasteiger partial charge < -0.3 is 10.2 Å². The minimum Gasteiger partial charge on any atom is -0.512 e. The zero-order valence-corrected chi connectivity index (χ0v) is 9.27. The summed E-state index contributed by atoms with van der Waals surface area (Å²) in [6, 6.07) is 0. The lowest BCUT2D eigenvalue weighted by atomic mass is 10.2. The Morgan fingerprint density at radius 3 is 2.40 bits per heavy atom. The Bertz CT molecular complexity index is 317. The van der Waals surface area contributed by atoms with Crippen molar-refractivity contribution in [2.24, 2.45) is 0 Å². The minimum absolute atomic E-state index is 0.119. The Kier molecular flexibility index (Phi) is 6.81. The molecule has 0 atom stereocenters. The number of hydrogen-bond acceptors (Lipinski definition) is 2. The summed E-state index contributed by atoms with van der Waals surface area (Å²) in [5.41, 5.74) is 0.660. The van der Waals surface area contributed by atoms with E-state index in [9.17, 15) is 10.2 Å². The van der Waals surface area contributed by atoms with Crippen molar-refractivity contribution in [2.45, 2.75) is 20.3 Å². The average molecular weight is 206 g/mol. The first kappa shape index (κ1) is 13.3. The number of allylic oxidation sites excluding steroid dienone is 8. The Labute approximate surface area is 91.3 Å². The van der Waals surface area contributed by atoms with Crippen molar-refractivity contribution < 1.29 is 10.2 Å². The minimum atomic E-state index is 0.119. The van der Waals surface area contributed by atoms with Crippen molar-refractivity contribution in [1.29, 1.82) is 0 Å². The normalized spacial score (nSPS) is 14.7. The van der Waals surface area contributed by atoms with E-state index < -0.39 is 0 Å². The van der Waals surface area contributed by atoms with Gasteiger partial charge in [-0.15, -0.1) is 0 Å². The maximum absolute atomic E-state index is 9.45.